The average molecular weight is 314 g/mol. The summed E-state index contributed by atoms with van der Waals surface area (Å²) in [7, 11) is 0. The van der Waals surface area contributed by atoms with Gasteiger partial charge in [-0.1, -0.05) is 18.2 Å². The van der Waals surface area contributed by atoms with Crippen molar-refractivity contribution in [3.8, 4) is 5.69 Å². The smallest absolute Gasteiger partial charge is 0.428 e. The summed E-state index contributed by atoms with van der Waals surface area (Å²) in [4.78, 5) is 11.6. The van der Waals surface area contributed by atoms with Crippen LogP contribution in [-0.4, -0.2) is 27.7 Å². The van der Waals surface area contributed by atoms with E-state index in [2.05, 4.69) is 15.6 Å². The Balaban J connectivity index is 2.14. The Kier molecular flexibility index (Phi) is 4.83. The quantitative estimate of drug-likeness (QED) is 0.698. The maximum Gasteiger partial charge on any atom is 0.428 e. The molecule has 1 N–H and O–H groups in total. The van der Waals surface area contributed by atoms with Crippen LogP contribution in [0, 0.1) is 13.8 Å². The van der Waals surface area contributed by atoms with E-state index in [0.717, 1.165) is 22.6 Å². The maximum absolute atomic E-state index is 11.6. The summed E-state index contributed by atoms with van der Waals surface area (Å²) in [6.07, 6.45) is 1.00. The number of carbonyl (C=O) groups is 1. The Morgan fingerprint density at radius 3 is 2.52 bits per heavy atom. The number of benzene rings is 1. The van der Waals surface area contributed by atoms with Gasteiger partial charge in [0.05, 0.1) is 23.3 Å². The minimum atomic E-state index is -0.584. The molecule has 6 nitrogen and oxygen atoms in total. The Hall–Kier alpha value is -2.63. The van der Waals surface area contributed by atoms with E-state index in [0.29, 0.717) is 0 Å². The van der Waals surface area contributed by atoms with E-state index in [9.17, 15) is 4.79 Å². The molecule has 23 heavy (non-hydrogen) atoms. The SMILES string of the molecule is Cc1nn(-c2ccccc2)c(C)c1/C=N\NC(=O)OC(C)(C)C. The van der Waals surface area contributed by atoms with Crippen LogP contribution >= 0.6 is 0 Å². The zero-order valence-electron chi connectivity index (χ0n) is 14.1. The molecule has 1 heterocycles. The first-order valence-corrected chi connectivity index (χ1v) is 7.41. The van der Waals surface area contributed by atoms with Gasteiger partial charge in [0.2, 0.25) is 0 Å². The van der Waals surface area contributed by atoms with Crippen molar-refractivity contribution in [2.45, 2.75) is 40.2 Å². The first-order chi connectivity index (χ1) is 10.8. The molecule has 1 amide bonds. The summed E-state index contributed by atoms with van der Waals surface area (Å²) in [6, 6.07) is 9.86. The minimum Gasteiger partial charge on any atom is -0.443 e. The van der Waals surface area contributed by atoms with E-state index in [1.165, 1.54) is 0 Å². The van der Waals surface area contributed by atoms with Crippen LogP contribution in [0.3, 0.4) is 0 Å². The first-order valence-electron chi connectivity index (χ1n) is 7.41. The number of nitrogens with one attached hydrogen (secondary N) is 1. The van der Waals surface area contributed by atoms with Crippen LogP contribution in [0.25, 0.3) is 5.69 Å². The normalized spacial score (nSPS) is 11.7. The monoisotopic (exact) mass is 314 g/mol. The Morgan fingerprint density at radius 2 is 1.91 bits per heavy atom. The molecule has 0 atom stereocenters. The van der Waals surface area contributed by atoms with E-state index in [4.69, 9.17) is 4.74 Å². The van der Waals surface area contributed by atoms with Crippen molar-refractivity contribution >= 4 is 12.3 Å². The fourth-order valence-corrected chi connectivity index (χ4v) is 2.11. The number of ether oxygens (including phenoxy) is 1. The number of aromatic nitrogens is 2. The van der Waals surface area contributed by atoms with Crippen molar-refractivity contribution < 1.29 is 9.53 Å². The van der Waals surface area contributed by atoms with Crippen molar-refractivity contribution in [2.75, 3.05) is 0 Å². The second-order valence-corrected chi connectivity index (χ2v) is 6.20. The van der Waals surface area contributed by atoms with E-state index in [1.54, 1.807) is 27.0 Å². The highest BCUT2D eigenvalue weighted by Gasteiger charge is 2.15. The molecule has 0 bridgehead atoms. The molecule has 0 unspecified atom stereocenters. The highest BCUT2D eigenvalue weighted by molar-refractivity contribution is 5.83. The van der Waals surface area contributed by atoms with Crippen molar-refractivity contribution in [3.05, 3.63) is 47.3 Å². The fourth-order valence-electron chi connectivity index (χ4n) is 2.11. The minimum absolute atomic E-state index is 0.552. The molecule has 6 heteroatoms. The van der Waals surface area contributed by atoms with Gasteiger partial charge in [0.1, 0.15) is 5.60 Å². The van der Waals surface area contributed by atoms with Crippen molar-refractivity contribution in [2.24, 2.45) is 5.10 Å². The maximum atomic E-state index is 11.6. The molecule has 1 aromatic carbocycles. The Labute approximate surface area is 136 Å². The molecule has 0 aliphatic carbocycles. The molecule has 0 aliphatic rings. The lowest BCUT2D eigenvalue weighted by Gasteiger charge is -2.18. The molecular weight excluding hydrogens is 292 g/mol. The first kappa shape index (κ1) is 16.7. The zero-order chi connectivity index (χ0) is 17.0. The zero-order valence-corrected chi connectivity index (χ0v) is 14.1. The predicted molar refractivity (Wildman–Crippen MR) is 90.0 cm³/mol. The molecule has 0 radical (unpaired) electrons. The topological polar surface area (TPSA) is 68.5 Å². The third kappa shape index (κ3) is 4.42. The Morgan fingerprint density at radius 1 is 1.26 bits per heavy atom. The largest absolute Gasteiger partial charge is 0.443 e. The van der Waals surface area contributed by atoms with Crippen molar-refractivity contribution in [3.63, 3.8) is 0 Å². The molecule has 0 spiro atoms. The summed E-state index contributed by atoms with van der Waals surface area (Å²) < 4.78 is 6.98. The third-order valence-corrected chi connectivity index (χ3v) is 3.10. The number of para-hydroxylation sites is 1. The number of rotatable bonds is 3. The van der Waals surface area contributed by atoms with Gasteiger partial charge in [-0.15, -0.1) is 0 Å². The van der Waals surface area contributed by atoms with Crippen LogP contribution < -0.4 is 5.43 Å². The van der Waals surface area contributed by atoms with Crippen LogP contribution in [-0.2, 0) is 4.74 Å². The number of carbonyl (C=O) groups excluding carboxylic acids is 1. The molecule has 0 aliphatic heterocycles. The lowest BCUT2D eigenvalue weighted by atomic mass is 10.2. The summed E-state index contributed by atoms with van der Waals surface area (Å²) in [5.74, 6) is 0. The second kappa shape index (κ2) is 6.64. The highest BCUT2D eigenvalue weighted by Crippen LogP contribution is 2.16. The average Bonchev–Trinajstić information content (AvgIpc) is 2.74. The second-order valence-electron chi connectivity index (χ2n) is 6.20. The number of aryl methyl sites for hydroxylation is 1. The van der Waals surface area contributed by atoms with E-state index >= 15 is 0 Å². The van der Waals surface area contributed by atoms with Gasteiger partial charge < -0.3 is 4.74 Å². The number of hydrazone groups is 1. The fraction of sp³-hybridized carbons (Fsp3) is 0.353. The van der Waals surface area contributed by atoms with Gasteiger partial charge in [-0.2, -0.15) is 10.2 Å². The van der Waals surface area contributed by atoms with Gasteiger partial charge in [0.15, 0.2) is 0 Å². The van der Waals surface area contributed by atoms with E-state index in [-0.39, 0.29) is 0 Å². The van der Waals surface area contributed by atoms with Crippen LogP contribution in [0.2, 0.25) is 0 Å². The number of hydrogen-bond donors (Lipinski definition) is 1. The van der Waals surface area contributed by atoms with Gasteiger partial charge in [-0.05, 0) is 46.8 Å². The van der Waals surface area contributed by atoms with Gasteiger partial charge in [0, 0.05) is 5.56 Å². The molecule has 2 aromatic rings. The summed E-state index contributed by atoms with van der Waals surface area (Å²) in [6.45, 7) is 9.26. The number of amides is 1. The molecule has 1 aromatic heterocycles. The molecule has 0 saturated carbocycles. The standard InChI is InChI=1S/C17H22N4O2/c1-12-15(11-18-19-16(22)23-17(3,4)5)13(2)21(20-12)14-9-7-6-8-10-14/h6-11H,1-5H3,(H,19,22)/b18-11-. The lowest BCUT2D eigenvalue weighted by molar-refractivity contribution is 0.0529. The van der Waals surface area contributed by atoms with E-state index < -0.39 is 11.7 Å². The summed E-state index contributed by atoms with van der Waals surface area (Å²) in [5, 5.41) is 8.47. The van der Waals surface area contributed by atoms with Crippen LogP contribution in [0.15, 0.2) is 35.4 Å². The van der Waals surface area contributed by atoms with Gasteiger partial charge in [-0.25, -0.2) is 14.9 Å². The van der Waals surface area contributed by atoms with Crippen molar-refractivity contribution in [1.29, 1.82) is 0 Å². The molecular formula is C17H22N4O2. The highest BCUT2D eigenvalue weighted by atomic mass is 16.6. The predicted octanol–water partition coefficient (Wildman–Crippen LogP) is 3.35. The molecule has 0 fully saturated rings. The molecule has 0 saturated heterocycles. The van der Waals surface area contributed by atoms with Crippen LogP contribution in [0.4, 0.5) is 4.79 Å². The van der Waals surface area contributed by atoms with E-state index in [1.807, 2.05) is 48.9 Å². The number of hydrogen-bond acceptors (Lipinski definition) is 4. The van der Waals surface area contributed by atoms with Crippen LogP contribution in [0.5, 0.6) is 0 Å². The third-order valence-electron chi connectivity index (χ3n) is 3.10. The Bertz CT molecular complexity index is 712. The number of nitrogens with zero attached hydrogens (tertiary/aromatic N) is 3. The van der Waals surface area contributed by atoms with Gasteiger partial charge in [0.25, 0.3) is 0 Å². The van der Waals surface area contributed by atoms with Crippen molar-refractivity contribution in [1.82, 2.24) is 15.2 Å². The lowest BCUT2D eigenvalue weighted by Crippen LogP contribution is -2.29. The summed E-state index contributed by atoms with van der Waals surface area (Å²) >= 11 is 0. The molecule has 122 valence electrons. The molecule has 2 rings (SSSR count). The van der Waals surface area contributed by atoms with Gasteiger partial charge in [-0.3, -0.25) is 0 Å². The van der Waals surface area contributed by atoms with Crippen LogP contribution in [0.1, 0.15) is 37.7 Å². The summed E-state index contributed by atoms with van der Waals surface area (Å²) in [5.41, 5.74) is 5.44. The van der Waals surface area contributed by atoms with Gasteiger partial charge >= 0.3 is 6.09 Å².